The van der Waals surface area contributed by atoms with E-state index >= 15 is 0 Å². The van der Waals surface area contributed by atoms with E-state index in [0.29, 0.717) is 11.5 Å². The molecule has 4 rings (SSSR count). The zero-order chi connectivity index (χ0) is 15.3. The smallest absolute Gasteiger partial charge is 0.257 e. The van der Waals surface area contributed by atoms with Gasteiger partial charge in [0, 0.05) is 30.9 Å². The summed E-state index contributed by atoms with van der Waals surface area (Å²) in [6.45, 7) is 2.98. The molecule has 0 radical (unpaired) electrons. The molecule has 2 aliphatic carbocycles. The van der Waals surface area contributed by atoms with E-state index < -0.39 is 0 Å². The molecule has 1 aromatic heterocycles. The van der Waals surface area contributed by atoms with Crippen LogP contribution in [-0.4, -0.2) is 44.6 Å². The molecule has 1 aliphatic heterocycles. The van der Waals surface area contributed by atoms with Crippen LogP contribution in [0.3, 0.4) is 0 Å². The van der Waals surface area contributed by atoms with E-state index in [4.69, 9.17) is 0 Å². The Morgan fingerprint density at radius 3 is 2.68 bits per heavy atom. The van der Waals surface area contributed by atoms with Gasteiger partial charge >= 0.3 is 0 Å². The minimum absolute atomic E-state index is 0.0486. The van der Waals surface area contributed by atoms with Crippen molar-refractivity contribution in [1.29, 1.82) is 0 Å². The van der Waals surface area contributed by atoms with Crippen LogP contribution in [0.25, 0.3) is 0 Å². The van der Waals surface area contributed by atoms with Crippen LogP contribution >= 0.6 is 0 Å². The van der Waals surface area contributed by atoms with Gasteiger partial charge in [0.2, 0.25) is 0 Å². The van der Waals surface area contributed by atoms with Crippen molar-refractivity contribution in [1.82, 2.24) is 14.9 Å². The van der Waals surface area contributed by atoms with Gasteiger partial charge in [0.05, 0.1) is 11.7 Å². The van der Waals surface area contributed by atoms with Gasteiger partial charge in [-0.2, -0.15) is 0 Å². The lowest BCUT2D eigenvalue weighted by Gasteiger charge is -2.41. The molecule has 2 saturated carbocycles. The van der Waals surface area contributed by atoms with Crippen molar-refractivity contribution in [2.75, 3.05) is 6.54 Å². The van der Waals surface area contributed by atoms with Gasteiger partial charge in [-0.05, 0) is 43.9 Å². The Bertz CT molecular complexity index is 584. The first-order valence-electron chi connectivity index (χ1n) is 8.38. The fraction of sp³-hybridized carbons (Fsp3) is 0.706. The van der Waals surface area contributed by atoms with Gasteiger partial charge in [-0.3, -0.25) is 4.79 Å². The SMILES string of the molecule is C[C@@]12CCN(C(=O)c3cnc(C4CC4)nc3)[C@@H]1CC[C@@H](O)C2. The molecule has 1 saturated heterocycles. The first kappa shape index (κ1) is 14.1. The summed E-state index contributed by atoms with van der Waals surface area (Å²) in [5.41, 5.74) is 0.655. The van der Waals surface area contributed by atoms with E-state index in [1.54, 1.807) is 12.4 Å². The maximum absolute atomic E-state index is 12.8. The lowest BCUT2D eigenvalue weighted by molar-refractivity contribution is 0.0210. The summed E-state index contributed by atoms with van der Waals surface area (Å²) in [7, 11) is 0. The van der Waals surface area contributed by atoms with E-state index in [2.05, 4.69) is 16.9 Å². The number of fused-ring (bicyclic) bond motifs is 1. The molecule has 0 aromatic carbocycles. The van der Waals surface area contributed by atoms with Crippen molar-refractivity contribution in [3.05, 3.63) is 23.8 Å². The van der Waals surface area contributed by atoms with Gasteiger partial charge in [0.15, 0.2) is 0 Å². The molecule has 3 fully saturated rings. The number of carbonyl (C=O) groups is 1. The number of aliphatic hydroxyl groups is 1. The summed E-state index contributed by atoms with van der Waals surface area (Å²) in [6, 6.07) is 0.242. The first-order valence-corrected chi connectivity index (χ1v) is 8.38. The molecule has 1 aromatic rings. The topological polar surface area (TPSA) is 66.3 Å². The van der Waals surface area contributed by atoms with Crippen molar-refractivity contribution in [2.24, 2.45) is 5.41 Å². The Morgan fingerprint density at radius 2 is 2.00 bits per heavy atom. The predicted octanol–water partition coefficient (Wildman–Crippen LogP) is 2.12. The van der Waals surface area contributed by atoms with Crippen LogP contribution in [-0.2, 0) is 0 Å². The number of aromatic nitrogens is 2. The van der Waals surface area contributed by atoms with Crippen LogP contribution in [0.1, 0.15) is 67.5 Å². The van der Waals surface area contributed by atoms with Crippen molar-refractivity contribution >= 4 is 5.91 Å². The van der Waals surface area contributed by atoms with Crippen LogP contribution in [0.15, 0.2) is 12.4 Å². The number of aliphatic hydroxyl groups excluding tert-OH is 1. The molecule has 3 atom stereocenters. The minimum atomic E-state index is -0.211. The van der Waals surface area contributed by atoms with Gasteiger partial charge in [0.25, 0.3) is 5.91 Å². The number of carbonyl (C=O) groups excluding carboxylic acids is 1. The molecule has 5 nitrogen and oxygen atoms in total. The third-order valence-electron chi connectivity index (χ3n) is 5.70. The second kappa shape index (κ2) is 5.01. The summed E-state index contributed by atoms with van der Waals surface area (Å²) < 4.78 is 0. The summed E-state index contributed by atoms with van der Waals surface area (Å²) in [5.74, 6) is 1.44. The highest BCUT2D eigenvalue weighted by atomic mass is 16.3. The first-order chi connectivity index (χ1) is 10.6. The number of hydrogen-bond acceptors (Lipinski definition) is 4. The molecule has 1 amide bonds. The normalized spacial score (nSPS) is 34.5. The second-order valence-corrected chi connectivity index (χ2v) is 7.46. The molecule has 22 heavy (non-hydrogen) atoms. The fourth-order valence-corrected chi connectivity index (χ4v) is 4.22. The monoisotopic (exact) mass is 301 g/mol. The Balaban J connectivity index is 1.52. The van der Waals surface area contributed by atoms with Gasteiger partial charge in [-0.25, -0.2) is 9.97 Å². The van der Waals surface area contributed by atoms with Gasteiger partial charge in [-0.1, -0.05) is 6.92 Å². The molecule has 0 spiro atoms. The summed E-state index contributed by atoms with van der Waals surface area (Å²) in [5, 5.41) is 9.93. The maximum Gasteiger partial charge on any atom is 0.257 e. The van der Waals surface area contributed by atoms with E-state index in [1.807, 2.05) is 4.90 Å². The minimum Gasteiger partial charge on any atom is -0.393 e. The number of likely N-dealkylation sites (tertiary alicyclic amines) is 1. The summed E-state index contributed by atoms with van der Waals surface area (Å²) in [6.07, 6.45) is 8.97. The van der Waals surface area contributed by atoms with Crippen molar-refractivity contribution in [2.45, 2.75) is 63.5 Å². The van der Waals surface area contributed by atoms with Crippen LogP contribution in [0.5, 0.6) is 0 Å². The van der Waals surface area contributed by atoms with Gasteiger partial charge < -0.3 is 10.0 Å². The van der Waals surface area contributed by atoms with Crippen molar-refractivity contribution in [3.63, 3.8) is 0 Å². The Kier molecular flexibility index (Phi) is 3.22. The summed E-state index contributed by atoms with van der Waals surface area (Å²) >= 11 is 0. The number of hydrogen-bond donors (Lipinski definition) is 1. The van der Waals surface area contributed by atoms with Crippen LogP contribution in [0.4, 0.5) is 0 Å². The Hall–Kier alpha value is -1.49. The average Bonchev–Trinajstić information content (AvgIpc) is 3.29. The van der Waals surface area contributed by atoms with Gasteiger partial charge in [-0.15, -0.1) is 0 Å². The number of rotatable bonds is 2. The van der Waals surface area contributed by atoms with E-state index in [0.717, 1.165) is 38.1 Å². The lowest BCUT2D eigenvalue weighted by atomic mass is 9.71. The number of amides is 1. The van der Waals surface area contributed by atoms with Gasteiger partial charge in [0.1, 0.15) is 5.82 Å². The second-order valence-electron chi connectivity index (χ2n) is 7.46. The highest BCUT2D eigenvalue weighted by Crippen LogP contribution is 2.47. The van der Waals surface area contributed by atoms with E-state index in [1.165, 1.54) is 12.8 Å². The van der Waals surface area contributed by atoms with Crippen molar-refractivity contribution in [3.8, 4) is 0 Å². The zero-order valence-electron chi connectivity index (χ0n) is 13.0. The van der Waals surface area contributed by atoms with Crippen LogP contribution in [0, 0.1) is 5.41 Å². The van der Waals surface area contributed by atoms with E-state index in [-0.39, 0.29) is 23.5 Å². The Morgan fingerprint density at radius 1 is 1.27 bits per heavy atom. The van der Waals surface area contributed by atoms with Crippen LogP contribution in [0.2, 0.25) is 0 Å². The number of nitrogens with zero attached hydrogens (tertiary/aromatic N) is 3. The standard InChI is InChI=1S/C17H23N3O2/c1-17-6-7-20(14(17)5-4-13(21)8-17)16(22)12-9-18-15(19-10-12)11-2-3-11/h9-11,13-14,21H,2-8H2,1H3/t13-,14-,17+/m1/s1. The third-order valence-corrected chi connectivity index (χ3v) is 5.70. The molecule has 1 N–H and O–H groups in total. The fourth-order valence-electron chi connectivity index (χ4n) is 4.22. The highest BCUT2D eigenvalue weighted by Gasteiger charge is 2.49. The lowest BCUT2D eigenvalue weighted by Crippen LogP contribution is -2.46. The largest absolute Gasteiger partial charge is 0.393 e. The molecule has 3 aliphatic rings. The predicted molar refractivity (Wildman–Crippen MR) is 81.4 cm³/mol. The summed E-state index contributed by atoms with van der Waals surface area (Å²) in [4.78, 5) is 23.5. The molecule has 0 bridgehead atoms. The zero-order valence-corrected chi connectivity index (χ0v) is 13.0. The molecule has 0 unspecified atom stereocenters. The van der Waals surface area contributed by atoms with Crippen molar-refractivity contribution < 1.29 is 9.90 Å². The molecular formula is C17H23N3O2. The highest BCUT2D eigenvalue weighted by molar-refractivity contribution is 5.94. The molecule has 118 valence electrons. The third kappa shape index (κ3) is 2.32. The molecule has 2 heterocycles. The Labute approximate surface area is 130 Å². The quantitative estimate of drug-likeness (QED) is 0.908. The average molecular weight is 301 g/mol. The van der Waals surface area contributed by atoms with Crippen LogP contribution < -0.4 is 0 Å². The molecular weight excluding hydrogens is 278 g/mol. The van der Waals surface area contributed by atoms with E-state index in [9.17, 15) is 9.90 Å². The molecule has 5 heteroatoms. The maximum atomic E-state index is 12.8.